The van der Waals surface area contributed by atoms with Crippen LogP contribution in [0.1, 0.15) is 25.3 Å². The summed E-state index contributed by atoms with van der Waals surface area (Å²) in [5, 5.41) is 0. The fourth-order valence-electron chi connectivity index (χ4n) is 2.37. The van der Waals surface area contributed by atoms with Crippen molar-refractivity contribution in [1.82, 2.24) is 0 Å². The van der Waals surface area contributed by atoms with E-state index in [1.54, 1.807) is 0 Å². The van der Waals surface area contributed by atoms with E-state index < -0.39 is 11.3 Å². The van der Waals surface area contributed by atoms with Gasteiger partial charge >= 0.3 is 0 Å². The minimum absolute atomic E-state index is 0.0396. The molecule has 1 saturated heterocycles. The van der Waals surface area contributed by atoms with Crippen LogP contribution in [0.3, 0.4) is 0 Å². The third-order valence-electron chi connectivity index (χ3n) is 3.69. The SMILES string of the molecule is COc1ccc(C2(C)CCOCC2)cc1NS(=O)O. The van der Waals surface area contributed by atoms with Gasteiger partial charge in [0.25, 0.3) is 11.3 Å². The number of rotatable bonds is 4. The molecule has 1 fully saturated rings. The van der Waals surface area contributed by atoms with Gasteiger partial charge in [-0.15, -0.1) is 0 Å². The van der Waals surface area contributed by atoms with Gasteiger partial charge in [-0.1, -0.05) is 13.0 Å². The molecule has 0 bridgehead atoms. The summed E-state index contributed by atoms with van der Waals surface area (Å²) in [6.45, 7) is 3.69. The lowest BCUT2D eigenvalue weighted by Gasteiger charge is -2.34. The average Bonchev–Trinajstić information content (AvgIpc) is 2.39. The predicted octanol–water partition coefficient (Wildman–Crippen LogP) is 2.31. The van der Waals surface area contributed by atoms with Crippen LogP contribution in [-0.4, -0.2) is 29.1 Å². The van der Waals surface area contributed by atoms with Gasteiger partial charge < -0.3 is 9.47 Å². The van der Waals surface area contributed by atoms with Crippen molar-refractivity contribution in [3.05, 3.63) is 23.8 Å². The first-order valence-electron chi connectivity index (χ1n) is 6.19. The van der Waals surface area contributed by atoms with Gasteiger partial charge in [-0.25, -0.2) is 4.21 Å². The predicted molar refractivity (Wildman–Crippen MR) is 74.8 cm³/mol. The Morgan fingerprint density at radius 2 is 2.11 bits per heavy atom. The van der Waals surface area contributed by atoms with E-state index in [0.29, 0.717) is 11.4 Å². The molecule has 1 aromatic carbocycles. The van der Waals surface area contributed by atoms with Crippen molar-refractivity contribution in [3.63, 3.8) is 0 Å². The van der Waals surface area contributed by atoms with Crippen molar-refractivity contribution in [2.45, 2.75) is 25.2 Å². The molecule has 1 heterocycles. The Bertz CT molecular complexity index is 472. The first kappa shape index (κ1) is 14.3. The second-order valence-electron chi connectivity index (χ2n) is 4.94. The van der Waals surface area contributed by atoms with Crippen molar-refractivity contribution >= 4 is 17.0 Å². The molecule has 1 aliphatic heterocycles. The molecule has 0 aromatic heterocycles. The molecule has 0 aliphatic carbocycles. The highest BCUT2D eigenvalue weighted by molar-refractivity contribution is 7.80. The average molecular weight is 285 g/mol. The summed E-state index contributed by atoms with van der Waals surface area (Å²) >= 11 is -2.11. The topological polar surface area (TPSA) is 67.8 Å². The van der Waals surface area contributed by atoms with Crippen molar-refractivity contribution in [2.75, 3.05) is 25.0 Å². The van der Waals surface area contributed by atoms with E-state index in [1.165, 1.54) is 7.11 Å². The molecule has 2 N–H and O–H groups in total. The van der Waals surface area contributed by atoms with E-state index in [0.717, 1.165) is 31.6 Å². The van der Waals surface area contributed by atoms with Gasteiger partial charge in [-0.3, -0.25) is 9.27 Å². The zero-order valence-corrected chi connectivity index (χ0v) is 12.0. The lowest BCUT2D eigenvalue weighted by atomic mass is 9.76. The molecular formula is C13H19NO4S. The molecule has 0 radical (unpaired) electrons. The van der Waals surface area contributed by atoms with Gasteiger partial charge in [0.15, 0.2) is 0 Å². The van der Waals surface area contributed by atoms with E-state index in [4.69, 9.17) is 14.0 Å². The molecule has 1 aromatic rings. The van der Waals surface area contributed by atoms with Gasteiger partial charge in [-0.2, -0.15) is 0 Å². The molecule has 1 atom stereocenters. The number of nitrogens with one attached hydrogen (secondary N) is 1. The van der Waals surface area contributed by atoms with E-state index in [2.05, 4.69) is 11.6 Å². The molecule has 2 rings (SSSR count). The van der Waals surface area contributed by atoms with Crippen molar-refractivity contribution in [3.8, 4) is 5.75 Å². The van der Waals surface area contributed by atoms with Crippen LogP contribution in [0, 0.1) is 0 Å². The first-order valence-corrected chi connectivity index (χ1v) is 7.29. The normalized spacial score (nSPS) is 19.7. The highest BCUT2D eigenvalue weighted by atomic mass is 32.2. The molecule has 19 heavy (non-hydrogen) atoms. The largest absolute Gasteiger partial charge is 0.495 e. The lowest BCUT2D eigenvalue weighted by Crippen LogP contribution is -2.30. The van der Waals surface area contributed by atoms with Crippen LogP contribution in [0.2, 0.25) is 0 Å². The maximum atomic E-state index is 10.9. The van der Waals surface area contributed by atoms with Crippen LogP contribution in [-0.2, 0) is 21.4 Å². The number of benzene rings is 1. The fourth-order valence-corrected chi connectivity index (χ4v) is 2.72. The first-order chi connectivity index (χ1) is 9.05. The molecule has 0 amide bonds. The minimum atomic E-state index is -2.11. The van der Waals surface area contributed by atoms with Crippen LogP contribution in [0.4, 0.5) is 5.69 Å². The van der Waals surface area contributed by atoms with E-state index >= 15 is 0 Å². The standard InChI is InChI=1S/C13H19NO4S/c1-13(5-7-18-8-6-13)10-3-4-12(17-2)11(9-10)14-19(15)16/h3-4,9,14H,5-8H2,1-2H3,(H,15,16). The quantitative estimate of drug-likeness (QED) is 0.833. The Hall–Kier alpha value is -1.11. The summed E-state index contributed by atoms with van der Waals surface area (Å²) in [6.07, 6.45) is 1.89. The van der Waals surface area contributed by atoms with Gasteiger partial charge in [0.1, 0.15) is 5.75 Å². The number of ether oxygens (including phenoxy) is 2. The van der Waals surface area contributed by atoms with E-state index in [9.17, 15) is 4.21 Å². The van der Waals surface area contributed by atoms with Crippen LogP contribution in [0.15, 0.2) is 18.2 Å². The highest BCUT2D eigenvalue weighted by Crippen LogP contribution is 2.37. The fraction of sp³-hybridized carbons (Fsp3) is 0.538. The maximum Gasteiger partial charge on any atom is 0.259 e. The maximum absolute atomic E-state index is 10.9. The monoisotopic (exact) mass is 285 g/mol. The van der Waals surface area contributed by atoms with Crippen LogP contribution in [0.5, 0.6) is 5.75 Å². The Morgan fingerprint density at radius 1 is 1.42 bits per heavy atom. The van der Waals surface area contributed by atoms with Crippen molar-refractivity contribution < 1.29 is 18.2 Å². The summed E-state index contributed by atoms with van der Waals surface area (Å²) in [7, 11) is 1.54. The second-order valence-corrected chi connectivity index (χ2v) is 5.64. The third-order valence-corrected chi connectivity index (χ3v) is 4.08. The van der Waals surface area contributed by atoms with Crippen molar-refractivity contribution in [2.24, 2.45) is 0 Å². The Balaban J connectivity index is 2.33. The summed E-state index contributed by atoms with van der Waals surface area (Å²) in [5.41, 5.74) is 1.70. The van der Waals surface area contributed by atoms with Gasteiger partial charge in [-0.05, 0) is 36.0 Å². The Kier molecular flexibility index (Phi) is 4.44. The molecule has 5 nitrogen and oxygen atoms in total. The zero-order chi connectivity index (χ0) is 13.9. The zero-order valence-electron chi connectivity index (χ0n) is 11.1. The number of anilines is 1. The minimum Gasteiger partial charge on any atom is -0.495 e. The molecule has 106 valence electrons. The molecule has 0 saturated carbocycles. The van der Waals surface area contributed by atoms with Gasteiger partial charge in [0.05, 0.1) is 12.8 Å². The molecule has 6 heteroatoms. The summed E-state index contributed by atoms with van der Waals surface area (Å²) < 4.78 is 33.0. The van der Waals surface area contributed by atoms with E-state index in [-0.39, 0.29) is 5.41 Å². The summed E-state index contributed by atoms with van der Waals surface area (Å²) in [6, 6.07) is 5.72. The third kappa shape index (κ3) is 3.26. The summed E-state index contributed by atoms with van der Waals surface area (Å²) in [5.74, 6) is 0.557. The smallest absolute Gasteiger partial charge is 0.259 e. The molecule has 0 spiro atoms. The van der Waals surface area contributed by atoms with Crippen molar-refractivity contribution in [1.29, 1.82) is 0 Å². The summed E-state index contributed by atoms with van der Waals surface area (Å²) in [4.78, 5) is 0. The van der Waals surface area contributed by atoms with Gasteiger partial charge in [0.2, 0.25) is 0 Å². The molecule has 1 aliphatic rings. The Morgan fingerprint density at radius 3 is 2.68 bits per heavy atom. The second kappa shape index (κ2) is 5.90. The Labute approximate surface area is 115 Å². The van der Waals surface area contributed by atoms with Gasteiger partial charge in [0, 0.05) is 13.2 Å². The van der Waals surface area contributed by atoms with Crippen LogP contribution < -0.4 is 9.46 Å². The molecule has 1 unspecified atom stereocenters. The number of hydrogen-bond acceptors (Lipinski definition) is 3. The van der Waals surface area contributed by atoms with E-state index in [1.807, 2.05) is 18.2 Å². The number of methoxy groups -OCH3 is 1. The molecular weight excluding hydrogens is 266 g/mol. The van der Waals surface area contributed by atoms with Crippen LogP contribution >= 0.6 is 0 Å². The highest BCUT2D eigenvalue weighted by Gasteiger charge is 2.30. The van der Waals surface area contributed by atoms with Crippen LogP contribution in [0.25, 0.3) is 0 Å². The lowest BCUT2D eigenvalue weighted by molar-refractivity contribution is 0.0564. The number of hydrogen-bond donors (Lipinski definition) is 2.